The number of amides is 1. The molecule has 46 heavy (non-hydrogen) atoms. The molecule has 1 amide bonds. The molecule has 0 radical (unpaired) electrons. The van der Waals surface area contributed by atoms with Gasteiger partial charge in [-0.3, -0.25) is 14.4 Å². The number of allylic oxidation sites excluding steroid dienone is 1. The second kappa shape index (κ2) is 15.2. The summed E-state index contributed by atoms with van der Waals surface area (Å²) < 4.78 is 12.0. The van der Waals surface area contributed by atoms with Crippen LogP contribution in [0.5, 0.6) is 5.75 Å². The molecule has 1 aromatic rings. The molecule has 0 saturated heterocycles. The maximum Gasteiger partial charge on any atom is 0.315 e. The Hall–Kier alpha value is -3.17. The molecule has 254 valence electrons. The van der Waals surface area contributed by atoms with E-state index in [-0.39, 0.29) is 99.5 Å². The van der Waals surface area contributed by atoms with E-state index >= 15 is 0 Å². The molecule has 0 aromatic carbocycles. The molecule has 10 nitrogen and oxygen atoms in total. The number of aliphatic imine (C=N–C) groups is 2. The number of ether oxygens (including phenoxy) is 2. The Labute approximate surface area is 283 Å². The van der Waals surface area contributed by atoms with Crippen molar-refractivity contribution in [1.29, 1.82) is 0 Å². The van der Waals surface area contributed by atoms with Gasteiger partial charge in [0.25, 0.3) is 0 Å². The Kier molecular flexibility index (Phi) is 12.3. The van der Waals surface area contributed by atoms with Crippen LogP contribution in [0.2, 0.25) is 0 Å². The van der Waals surface area contributed by atoms with Gasteiger partial charge in [-0.1, -0.05) is 41.5 Å². The smallest absolute Gasteiger partial charge is 0.315 e. The van der Waals surface area contributed by atoms with Gasteiger partial charge in [-0.25, -0.2) is 4.99 Å². The zero-order chi connectivity index (χ0) is 33.3. The number of aromatic nitrogens is 1. The zero-order valence-corrected chi connectivity index (χ0v) is 29.8. The third kappa shape index (κ3) is 8.21. The Morgan fingerprint density at radius 1 is 0.870 bits per heavy atom. The minimum Gasteiger partial charge on any atom is -0.497 e. The minimum atomic E-state index is -0.350. The van der Waals surface area contributed by atoms with E-state index in [2.05, 4.69) is 61.8 Å². The second-order valence-electron chi connectivity index (χ2n) is 14.0. The molecular formula is C35H49FeN4O6-. The molecule has 0 spiro atoms. The third-order valence-electron chi connectivity index (χ3n) is 9.66. The first-order valence-corrected chi connectivity index (χ1v) is 16.2. The van der Waals surface area contributed by atoms with Gasteiger partial charge in [-0.15, -0.1) is 0 Å². The standard InChI is InChI=1S/C35H50N4O6.Fe/c1-16-11-18(3)28(19(4)12-16)34(42)44-30-22(7)26(38-32(30)36-24(9)40)15-27-23(8)31(33(39-27)37-25(10)41)45-35(43)29-20(5)13-17(2)14-21(29)6;/h15-21,28-29H,11-14H2,1-10H3,(H3,36,37,38,39,40,41);/p-1. The van der Waals surface area contributed by atoms with Crippen molar-refractivity contribution in [3.63, 3.8) is 0 Å². The Morgan fingerprint density at radius 3 is 1.80 bits per heavy atom. The summed E-state index contributed by atoms with van der Waals surface area (Å²) in [6, 6.07) is 0. The van der Waals surface area contributed by atoms with Gasteiger partial charge in [0.2, 0.25) is 0 Å². The first-order chi connectivity index (χ1) is 21.1. The number of nitrogens with zero attached hydrogens (tertiary/aromatic N) is 3. The summed E-state index contributed by atoms with van der Waals surface area (Å²) in [6.45, 7) is 19.1. The number of aliphatic hydroxyl groups excluding tert-OH is 1. The Balaban J connectivity index is 0.00000576. The van der Waals surface area contributed by atoms with Gasteiger partial charge in [0.1, 0.15) is 11.7 Å². The molecule has 2 aliphatic carbocycles. The fraction of sp³-hybridized carbons (Fsp3) is 0.629. The molecule has 1 aliphatic heterocycles. The number of anilines is 1. The summed E-state index contributed by atoms with van der Waals surface area (Å²) in [6.07, 6.45) is 5.48. The van der Waals surface area contributed by atoms with Crippen LogP contribution in [0.1, 0.15) is 99.3 Å². The minimum absolute atomic E-state index is 0. The van der Waals surface area contributed by atoms with Crippen LogP contribution in [0.25, 0.3) is 6.08 Å². The molecule has 2 heterocycles. The number of esters is 2. The molecule has 1 aromatic heterocycles. The average Bonchev–Trinajstić information content (AvgIpc) is 3.32. The van der Waals surface area contributed by atoms with Crippen molar-refractivity contribution in [1.82, 2.24) is 4.98 Å². The summed E-state index contributed by atoms with van der Waals surface area (Å²) in [5.41, 5.74) is 1.96. The second-order valence-corrected chi connectivity index (χ2v) is 14.0. The van der Waals surface area contributed by atoms with Crippen LogP contribution in [-0.4, -0.2) is 34.7 Å². The van der Waals surface area contributed by atoms with Crippen molar-refractivity contribution in [3.05, 3.63) is 28.3 Å². The summed E-state index contributed by atoms with van der Waals surface area (Å²) in [7, 11) is 0. The molecule has 2 N–H and O–H groups in total. The first kappa shape index (κ1) is 37.3. The van der Waals surface area contributed by atoms with E-state index in [9.17, 15) is 19.5 Å². The average molecular weight is 678 g/mol. The van der Waals surface area contributed by atoms with E-state index in [1.807, 2.05) is 0 Å². The van der Waals surface area contributed by atoms with Crippen LogP contribution >= 0.6 is 0 Å². The van der Waals surface area contributed by atoms with E-state index in [0.29, 0.717) is 34.4 Å². The topological polar surface area (TPSA) is 141 Å². The van der Waals surface area contributed by atoms with Crippen LogP contribution in [0.4, 0.5) is 5.82 Å². The largest absolute Gasteiger partial charge is 0.497 e. The fourth-order valence-electron chi connectivity index (χ4n) is 7.93. The summed E-state index contributed by atoms with van der Waals surface area (Å²) >= 11 is 0. The molecule has 4 unspecified atom stereocenters. The maximum absolute atomic E-state index is 13.5. The number of amidine groups is 1. The van der Waals surface area contributed by atoms with Crippen LogP contribution in [0.3, 0.4) is 0 Å². The number of nitrogens with one attached hydrogen (secondary N) is 1. The van der Waals surface area contributed by atoms with Crippen LogP contribution < -0.4 is 15.0 Å². The van der Waals surface area contributed by atoms with Crippen molar-refractivity contribution >= 4 is 41.5 Å². The van der Waals surface area contributed by atoms with Gasteiger partial charge in [-0.2, -0.15) is 4.99 Å². The van der Waals surface area contributed by atoms with Gasteiger partial charge in [0.15, 0.2) is 17.5 Å². The van der Waals surface area contributed by atoms with Crippen molar-refractivity contribution in [2.75, 3.05) is 5.32 Å². The van der Waals surface area contributed by atoms with Crippen LogP contribution in [-0.2, 0) is 36.2 Å². The van der Waals surface area contributed by atoms with E-state index in [0.717, 1.165) is 25.7 Å². The predicted molar refractivity (Wildman–Crippen MR) is 175 cm³/mol. The van der Waals surface area contributed by atoms with E-state index in [1.54, 1.807) is 19.9 Å². The molecule has 2 saturated carbocycles. The van der Waals surface area contributed by atoms with Gasteiger partial charge in [0.05, 0.1) is 17.5 Å². The van der Waals surface area contributed by atoms with Crippen LogP contribution in [0.15, 0.2) is 27.0 Å². The summed E-state index contributed by atoms with van der Waals surface area (Å²) in [5, 5.41) is 12.7. The normalized spacial score (nSPS) is 30.9. The van der Waals surface area contributed by atoms with Crippen LogP contribution in [0, 0.1) is 54.3 Å². The van der Waals surface area contributed by atoms with Crippen molar-refractivity contribution in [2.45, 2.75) is 94.9 Å². The molecule has 3 aliphatic rings. The Bertz CT molecular complexity index is 1450. The van der Waals surface area contributed by atoms with Gasteiger partial charge >= 0.3 is 11.9 Å². The molecule has 4 atom stereocenters. The van der Waals surface area contributed by atoms with E-state index < -0.39 is 0 Å². The maximum atomic E-state index is 13.5. The van der Waals surface area contributed by atoms with Crippen molar-refractivity contribution in [3.8, 4) is 5.75 Å². The van der Waals surface area contributed by atoms with E-state index in [1.165, 1.54) is 13.8 Å². The molecule has 0 bridgehead atoms. The Morgan fingerprint density at radius 2 is 1.35 bits per heavy atom. The number of hydrogen-bond donors (Lipinski definition) is 2. The SMILES string of the molecule is CC(=O)Nc1[n-]c(/C=C2\N=C(N=C(C)O)C(OC(=O)C3C(C)CC(C)CC3C)=C2C)c(C)c1OC(=O)C1C(C)CC(C)CC1C.[Fe]. The monoisotopic (exact) mass is 677 g/mol. The number of carbonyl (C=O) groups is 3. The molecule has 11 heteroatoms. The zero-order valence-electron chi connectivity index (χ0n) is 28.7. The van der Waals surface area contributed by atoms with Gasteiger partial charge in [0, 0.05) is 29.6 Å². The van der Waals surface area contributed by atoms with Gasteiger partial charge < -0.3 is 24.9 Å². The number of carbonyl (C=O) groups excluding carboxylic acids is 3. The fourth-order valence-corrected chi connectivity index (χ4v) is 7.93. The molecule has 2 fully saturated rings. The van der Waals surface area contributed by atoms with Crippen molar-refractivity contribution in [2.24, 2.45) is 57.3 Å². The predicted octanol–water partition coefficient (Wildman–Crippen LogP) is 7.00. The summed E-state index contributed by atoms with van der Waals surface area (Å²) in [5.74, 6) is 0.641. The third-order valence-corrected chi connectivity index (χ3v) is 9.66. The quantitative estimate of drug-likeness (QED) is 0.143. The summed E-state index contributed by atoms with van der Waals surface area (Å²) in [4.78, 5) is 52.4. The molecule has 4 rings (SSSR count). The van der Waals surface area contributed by atoms with Gasteiger partial charge in [-0.05, 0) is 105 Å². The number of aliphatic hydroxyl groups is 1. The number of hydrogen-bond acceptors (Lipinski definition) is 7. The first-order valence-electron chi connectivity index (χ1n) is 16.2. The van der Waals surface area contributed by atoms with E-state index in [4.69, 9.17) is 9.47 Å². The molecular weight excluding hydrogens is 628 g/mol. The number of rotatable bonds is 6. The van der Waals surface area contributed by atoms with Crippen molar-refractivity contribution < 1.29 is 46.0 Å².